The van der Waals surface area contributed by atoms with E-state index < -0.39 is 0 Å². The Morgan fingerprint density at radius 2 is 2.14 bits per heavy atom. The van der Waals surface area contributed by atoms with E-state index in [-0.39, 0.29) is 5.97 Å². The van der Waals surface area contributed by atoms with E-state index in [9.17, 15) is 4.79 Å². The zero-order valence-corrected chi connectivity index (χ0v) is 14.2. The maximum Gasteiger partial charge on any atom is 0.306 e. The molecule has 0 bridgehead atoms. The Labute approximate surface area is 137 Å². The van der Waals surface area contributed by atoms with Crippen molar-refractivity contribution in [1.82, 2.24) is 0 Å². The molecule has 0 radical (unpaired) electrons. The molecule has 1 aromatic rings. The first-order valence-electron chi connectivity index (χ1n) is 7.60. The molecule has 0 saturated carbocycles. The van der Waals surface area contributed by atoms with Gasteiger partial charge in [0.15, 0.2) is 5.90 Å². The van der Waals surface area contributed by atoms with E-state index in [4.69, 9.17) is 4.74 Å². The highest BCUT2D eigenvalue weighted by Gasteiger charge is 2.09. The second kappa shape index (κ2) is 12.1. The summed E-state index contributed by atoms with van der Waals surface area (Å²) in [6.45, 7) is 3.59. The monoisotopic (exact) mass is 323 g/mol. The van der Waals surface area contributed by atoms with Crippen LogP contribution in [0.5, 0.6) is 0 Å². The maximum atomic E-state index is 10.6. The lowest BCUT2D eigenvalue weighted by atomic mass is 10.2. The fraction of sp³-hybridized carbons (Fsp3) is 0.529. The number of benzene rings is 1. The van der Waals surface area contributed by atoms with Crippen LogP contribution in [0.15, 0.2) is 35.3 Å². The summed E-state index contributed by atoms with van der Waals surface area (Å²) < 4.78 is 9.55. The van der Waals surface area contributed by atoms with Crippen molar-refractivity contribution in [3.8, 4) is 0 Å². The minimum Gasteiger partial charge on any atom is -0.479 e. The molecule has 0 aromatic heterocycles. The summed E-state index contributed by atoms with van der Waals surface area (Å²) >= 11 is 2.01. The number of rotatable bonds is 7. The van der Waals surface area contributed by atoms with Crippen LogP contribution in [-0.4, -0.2) is 37.9 Å². The molecule has 0 atom stereocenters. The largest absolute Gasteiger partial charge is 0.479 e. The first-order valence-corrected chi connectivity index (χ1v) is 8.76. The first kappa shape index (κ1) is 18.6. The van der Waals surface area contributed by atoms with Gasteiger partial charge in [-0.25, -0.2) is 0 Å². The molecule has 0 saturated heterocycles. The lowest BCUT2D eigenvalue weighted by Crippen LogP contribution is -2.05. The van der Waals surface area contributed by atoms with Gasteiger partial charge in [0.05, 0.1) is 20.1 Å². The molecule has 1 aliphatic rings. The van der Waals surface area contributed by atoms with Crippen molar-refractivity contribution in [1.29, 1.82) is 0 Å². The number of esters is 1. The van der Waals surface area contributed by atoms with Crippen LogP contribution >= 0.6 is 11.8 Å². The third kappa shape index (κ3) is 8.72. The van der Waals surface area contributed by atoms with Gasteiger partial charge < -0.3 is 9.47 Å². The van der Waals surface area contributed by atoms with Gasteiger partial charge in [-0.1, -0.05) is 37.3 Å². The zero-order valence-electron chi connectivity index (χ0n) is 13.4. The van der Waals surface area contributed by atoms with E-state index in [0.717, 1.165) is 12.3 Å². The number of hydrogen-bond donors (Lipinski definition) is 0. The minimum absolute atomic E-state index is 0.219. The van der Waals surface area contributed by atoms with E-state index in [1.54, 1.807) is 0 Å². The van der Waals surface area contributed by atoms with Gasteiger partial charge in [0.2, 0.25) is 0 Å². The van der Waals surface area contributed by atoms with Crippen LogP contribution in [0.4, 0.5) is 0 Å². The minimum atomic E-state index is -0.219. The molecule has 4 nitrogen and oxygen atoms in total. The van der Waals surface area contributed by atoms with Crippen LogP contribution in [0.3, 0.4) is 0 Å². The second-order valence-electron chi connectivity index (χ2n) is 4.74. The first-order chi connectivity index (χ1) is 10.8. The predicted octanol–water partition coefficient (Wildman–Crippen LogP) is 3.70. The molecule has 0 fully saturated rings. The molecule has 1 heterocycles. The molecular formula is C17H25NO3S. The molecule has 0 unspecified atom stereocenters. The number of aliphatic imine (C=N–C) groups is 1. The molecule has 1 aliphatic heterocycles. The number of nitrogens with zero attached hydrogens (tertiary/aromatic N) is 1. The van der Waals surface area contributed by atoms with Crippen LogP contribution < -0.4 is 0 Å². The van der Waals surface area contributed by atoms with Crippen molar-refractivity contribution >= 4 is 23.6 Å². The van der Waals surface area contributed by atoms with Crippen molar-refractivity contribution < 1.29 is 14.3 Å². The lowest BCUT2D eigenvalue weighted by molar-refractivity contribution is -0.140. The molecule has 0 N–H and O–H groups in total. The van der Waals surface area contributed by atoms with E-state index in [2.05, 4.69) is 47.0 Å². The van der Waals surface area contributed by atoms with Crippen molar-refractivity contribution in [2.45, 2.75) is 31.9 Å². The molecule has 122 valence electrons. The lowest BCUT2D eigenvalue weighted by Gasteiger charge is -1.99. The average molecular weight is 323 g/mol. The fourth-order valence-electron chi connectivity index (χ4n) is 1.75. The van der Waals surface area contributed by atoms with Crippen molar-refractivity contribution in [3.63, 3.8) is 0 Å². The number of carbonyl (C=O) groups is 1. The van der Waals surface area contributed by atoms with Crippen LogP contribution in [-0.2, 0) is 20.0 Å². The highest BCUT2D eigenvalue weighted by Crippen LogP contribution is 2.11. The van der Waals surface area contributed by atoms with Crippen LogP contribution in [0.25, 0.3) is 0 Å². The summed E-state index contributed by atoms with van der Waals surface area (Å²) in [5, 5.41) is 0. The van der Waals surface area contributed by atoms with E-state index in [1.807, 2.05) is 11.8 Å². The maximum absolute atomic E-state index is 10.6. The van der Waals surface area contributed by atoms with Gasteiger partial charge in [0, 0.05) is 12.2 Å². The van der Waals surface area contributed by atoms with Gasteiger partial charge >= 0.3 is 5.97 Å². The van der Waals surface area contributed by atoms with Crippen LogP contribution in [0.1, 0.15) is 31.7 Å². The molecule has 2 rings (SSSR count). The molecule has 0 amide bonds. The third-order valence-corrected chi connectivity index (χ3v) is 4.11. The Morgan fingerprint density at radius 3 is 2.73 bits per heavy atom. The molecule has 22 heavy (non-hydrogen) atoms. The number of methoxy groups -OCH3 is 1. The number of thioether (sulfide) groups is 1. The molecule has 5 heteroatoms. The summed E-state index contributed by atoms with van der Waals surface area (Å²) in [6, 6.07) is 10.6. The fourth-order valence-corrected chi connectivity index (χ4v) is 2.61. The van der Waals surface area contributed by atoms with Gasteiger partial charge in [0.25, 0.3) is 0 Å². The van der Waals surface area contributed by atoms with Crippen LogP contribution in [0, 0.1) is 0 Å². The van der Waals surface area contributed by atoms with E-state index in [1.165, 1.54) is 24.8 Å². The smallest absolute Gasteiger partial charge is 0.306 e. The molecular weight excluding hydrogens is 298 g/mol. The normalized spacial score (nSPS) is 12.7. The average Bonchev–Trinajstić information content (AvgIpc) is 3.08. The van der Waals surface area contributed by atoms with Crippen molar-refractivity contribution in [2.75, 3.05) is 26.0 Å². The summed E-state index contributed by atoms with van der Waals surface area (Å²) in [6.07, 6.45) is 2.19. The summed E-state index contributed by atoms with van der Waals surface area (Å²) in [5.74, 6) is 2.89. The standard InChI is InChI=1S/C10H14S.C7H11NO3/c1-2-8-11-9-10-6-4-3-5-7-10;1-10-7(9)3-2-6-8-4-5-11-6/h3-7H,2,8-9H2,1H3;2-5H2,1H3. The topological polar surface area (TPSA) is 47.9 Å². The Balaban J connectivity index is 0.000000220. The summed E-state index contributed by atoms with van der Waals surface area (Å²) in [4.78, 5) is 14.7. The highest BCUT2D eigenvalue weighted by atomic mass is 32.2. The number of carbonyl (C=O) groups excluding carboxylic acids is 1. The van der Waals surface area contributed by atoms with Gasteiger partial charge in [-0.3, -0.25) is 9.79 Å². The Morgan fingerprint density at radius 1 is 1.36 bits per heavy atom. The Bertz CT molecular complexity index is 448. The second-order valence-corrected chi connectivity index (χ2v) is 5.84. The summed E-state index contributed by atoms with van der Waals surface area (Å²) in [7, 11) is 1.37. The number of hydrogen-bond acceptors (Lipinski definition) is 5. The molecule has 0 aliphatic carbocycles. The Hall–Kier alpha value is -1.49. The van der Waals surface area contributed by atoms with E-state index in [0.29, 0.717) is 25.3 Å². The summed E-state index contributed by atoms with van der Waals surface area (Å²) in [5.41, 5.74) is 1.44. The predicted molar refractivity (Wildman–Crippen MR) is 92.4 cm³/mol. The van der Waals surface area contributed by atoms with Gasteiger partial charge in [0.1, 0.15) is 6.61 Å². The van der Waals surface area contributed by atoms with E-state index >= 15 is 0 Å². The number of ether oxygens (including phenoxy) is 2. The quantitative estimate of drug-likeness (QED) is 0.567. The zero-order chi connectivity index (χ0) is 16.0. The third-order valence-electron chi connectivity index (χ3n) is 2.88. The molecule has 0 spiro atoms. The van der Waals surface area contributed by atoms with Crippen LogP contribution in [0.2, 0.25) is 0 Å². The van der Waals surface area contributed by atoms with Crippen molar-refractivity contribution in [2.24, 2.45) is 4.99 Å². The highest BCUT2D eigenvalue weighted by molar-refractivity contribution is 7.98. The Kier molecular flexibility index (Phi) is 10.2. The SMILES string of the molecule is CCCSCc1ccccc1.COC(=O)CCC1=NCCO1. The van der Waals surface area contributed by atoms with Crippen molar-refractivity contribution in [3.05, 3.63) is 35.9 Å². The van der Waals surface area contributed by atoms with Gasteiger partial charge in [-0.15, -0.1) is 0 Å². The van der Waals surface area contributed by atoms with Gasteiger partial charge in [-0.05, 0) is 17.7 Å². The molecule has 1 aromatic carbocycles. The van der Waals surface area contributed by atoms with Gasteiger partial charge in [-0.2, -0.15) is 11.8 Å².